The van der Waals surface area contributed by atoms with Crippen molar-refractivity contribution in [3.05, 3.63) is 53.6 Å². The van der Waals surface area contributed by atoms with Gasteiger partial charge in [0.1, 0.15) is 6.10 Å². The summed E-state index contributed by atoms with van der Waals surface area (Å²) in [4.78, 5) is 24.8. The predicted molar refractivity (Wildman–Crippen MR) is 134 cm³/mol. The van der Waals surface area contributed by atoms with Crippen molar-refractivity contribution in [2.45, 2.75) is 77.7 Å². The van der Waals surface area contributed by atoms with Crippen molar-refractivity contribution in [3.63, 3.8) is 0 Å². The molecule has 184 valence electrons. The molecule has 0 aliphatic heterocycles. The highest BCUT2D eigenvalue weighted by atomic mass is 16.5. The van der Waals surface area contributed by atoms with E-state index in [0.717, 1.165) is 49.8 Å². The molecule has 1 aliphatic rings. The van der Waals surface area contributed by atoms with Gasteiger partial charge in [-0.1, -0.05) is 25.8 Å². The van der Waals surface area contributed by atoms with Gasteiger partial charge >= 0.3 is 5.97 Å². The molecule has 6 heteroatoms. The maximum atomic E-state index is 12.5. The molecule has 3 rings (SSSR count). The predicted octanol–water partition coefficient (Wildman–Crippen LogP) is 6.33. The number of aryl methyl sites for hydroxylation is 1. The number of unbranched alkanes of at least 4 members (excludes halogenated alkanes) is 1. The molecule has 0 radical (unpaired) electrons. The van der Waals surface area contributed by atoms with Crippen LogP contribution in [0.1, 0.15) is 81.1 Å². The Hall–Kier alpha value is -3.02. The normalized spacial score (nSPS) is 13.8. The smallest absolute Gasteiger partial charge is 0.338 e. The van der Waals surface area contributed by atoms with Crippen molar-refractivity contribution < 1.29 is 23.8 Å². The lowest BCUT2D eigenvalue weighted by Gasteiger charge is -2.21. The van der Waals surface area contributed by atoms with Crippen molar-refractivity contribution in [2.24, 2.45) is 0 Å². The number of amides is 1. The second-order valence-corrected chi connectivity index (χ2v) is 8.71. The van der Waals surface area contributed by atoms with Crippen LogP contribution in [-0.4, -0.2) is 31.2 Å². The first-order valence-electron chi connectivity index (χ1n) is 12.6. The van der Waals surface area contributed by atoms with E-state index < -0.39 is 0 Å². The fourth-order valence-electron chi connectivity index (χ4n) is 4.00. The molecule has 0 aromatic heterocycles. The molecule has 34 heavy (non-hydrogen) atoms. The van der Waals surface area contributed by atoms with Crippen LogP contribution in [0.15, 0.2) is 42.5 Å². The van der Waals surface area contributed by atoms with Crippen LogP contribution in [0.3, 0.4) is 0 Å². The number of esters is 1. The van der Waals surface area contributed by atoms with Crippen LogP contribution in [0.5, 0.6) is 11.5 Å². The molecule has 0 saturated heterocycles. The van der Waals surface area contributed by atoms with E-state index in [2.05, 4.69) is 12.2 Å². The van der Waals surface area contributed by atoms with Gasteiger partial charge in [-0.2, -0.15) is 0 Å². The highest BCUT2D eigenvalue weighted by molar-refractivity contribution is 5.93. The third kappa shape index (κ3) is 8.08. The van der Waals surface area contributed by atoms with Crippen LogP contribution in [0.4, 0.5) is 5.69 Å². The van der Waals surface area contributed by atoms with Crippen LogP contribution >= 0.6 is 0 Å². The van der Waals surface area contributed by atoms with Crippen molar-refractivity contribution in [2.75, 3.05) is 18.5 Å². The first kappa shape index (κ1) is 25.6. The number of carbonyl (C=O) groups is 2. The fourth-order valence-corrected chi connectivity index (χ4v) is 4.00. The molecule has 2 aromatic carbocycles. The quantitative estimate of drug-likeness (QED) is 0.292. The lowest BCUT2D eigenvalue weighted by atomic mass is 9.98. The van der Waals surface area contributed by atoms with Gasteiger partial charge in [0.05, 0.1) is 18.8 Å². The summed E-state index contributed by atoms with van der Waals surface area (Å²) in [6, 6.07) is 12.7. The topological polar surface area (TPSA) is 73.9 Å². The van der Waals surface area contributed by atoms with Gasteiger partial charge in [-0.15, -0.1) is 0 Å². The summed E-state index contributed by atoms with van der Waals surface area (Å²) in [6.07, 6.45) is 8.37. The van der Waals surface area contributed by atoms with Crippen LogP contribution in [0, 0.1) is 0 Å². The molecule has 0 bridgehead atoms. The number of rotatable bonds is 12. The molecule has 2 aromatic rings. The maximum absolute atomic E-state index is 12.5. The second-order valence-electron chi connectivity index (χ2n) is 8.71. The molecule has 1 amide bonds. The van der Waals surface area contributed by atoms with Crippen LogP contribution in [-0.2, 0) is 16.0 Å². The van der Waals surface area contributed by atoms with Gasteiger partial charge in [0.25, 0.3) is 0 Å². The molecular weight excluding hydrogens is 430 g/mol. The van der Waals surface area contributed by atoms with Crippen LogP contribution in [0.2, 0.25) is 0 Å². The minimum atomic E-state index is -0.294. The number of nitrogens with one attached hydrogen (secondary N) is 1. The summed E-state index contributed by atoms with van der Waals surface area (Å²) in [5.41, 5.74) is 2.18. The van der Waals surface area contributed by atoms with E-state index in [4.69, 9.17) is 14.2 Å². The van der Waals surface area contributed by atoms with E-state index in [-0.39, 0.29) is 18.0 Å². The van der Waals surface area contributed by atoms with Gasteiger partial charge in [-0.05, 0) is 87.4 Å². The Balaban J connectivity index is 1.48. The van der Waals surface area contributed by atoms with E-state index in [1.165, 1.54) is 6.42 Å². The summed E-state index contributed by atoms with van der Waals surface area (Å²) in [5.74, 6) is 1.08. The lowest BCUT2D eigenvalue weighted by Crippen LogP contribution is -2.21. The van der Waals surface area contributed by atoms with Crippen molar-refractivity contribution in [1.29, 1.82) is 0 Å². The average Bonchev–Trinajstić information content (AvgIpc) is 2.85. The minimum Gasteiger partial charge on any atom is -0.490 e. The maximum Gasteiger partial charge on any atom is 0.338 e. The summed E-state index contributed by atoms with van der Waals surface area (Å²) < 4.78 is 17.2. The van der Waals surface area contributed by atoms with E-state index in [0.29, 0.717) is 43.1 Å². The van der Waals surface area contributed by atoms with Gasteiger partial charge in [0, 0.05) is 12.1 Å². The lowest BCUT2D eigenvalue weighted by molar-refractivity contribution is -0.116. The molecule has 0 heterocycles. The first-order chi connectivity index (χ1) is 16.6. The van der Waals surface area contributed by atoms with Crippen molar-refractivity contribution in [1.82, 2.24) is 0 Å². The largest absolute Gasteiger partial charge is 0.490 e. The standard InChI is InChI=1S/C28H37NO5/c1-3-5-19-33-25-17-11-21(20-26(25)32-4-2)12-18-27(30)29-23-15-13-22(14-16-23)28(31)34-24-9-7-6-8-10-24/h11,13-17,20,24H,3-10,12,18-19H2,1-2H3,(H,29,30). The molecule has 1 saturated carbocycles. The van der Waals surface area contributed by atoms with E-state index in [1.807, 2.05) is 25.1 Å². The molecular formula is C28H37NO5. The van der Waals surface area contributed by atoms with Gasteiger partial charge in [0.15, 0.2) is 11.5 Å². The summed E-state index contributed by atoms with van der Waals surface area (Å²) in [5, 5.41) is 2.90. The first-order valence-corrected chi connectivity index (χ1v) is 12.6. The SMILES string of the molecule is CCCCOc1ccc(CCC(=O)Nc2ccc(C(=O)OC3CCCCC3)cc2)cc1OCC. The molecule has 1 fully saturated rings. The van der Waals surface area contributed by atoms with Crippen molar-refractivity contribution >= 4 is 17.6 Å². The summed E-state index contributed by atoms with van der Waals surface area (Å²) in [6.45, 7) is 5.28. The highest BCUT2D eigenvalue weighted by Gasteiger charge is 2.18. The zero-order valence-corrected chi connectivity index (χ0v) is 20.4. The van der Waals surface area contributed by atoms with E-state index in [9.17, 15) is 9.59 Å². The molecule has 6 nitrogen and oxygen atoms in total. The average molecular weight is 468 g/mol. The van der Waals surface area contributed by atoms with Gasteiger partial charge in [-0.25, -0.2) is 4.79 Å². The Labute approximate surface area is 203 Å². The van der Waals surface area contributed by atoms with E-state index >= 15 is 0 Å². The fraction of sp³-hybridized carbons (Fsp3) is 0.500. The number of ether oxygens (including phenoxy) is 3. The number of hydrogen-bond acceptors (Lipinski definition) is 5. The third-order valence-electron chi connectivity index (χ3n) is 5.93. The molecule has 0 unspecified atom stereocenters. The Kier molecular flexibility index (Phi) is 10.3. The number of hydrogen-bond donors (Lipinski definition) is 1. The minimum absolute atomic E-state index is 0.0286. The zero-order valence-electron chi connectivity index (χ0n) is 20.4. The Morgan fingerprint density at radius 1 is 0.941 bits per heavy atom. The number of carbonyl (C=O) groups excluding carboxylic acids is 2. The molecule has 1 N–H and O–H groups in total. The molecule has 0 spiro atoms. The molecule has 1 aliphatic carbocycles. The summed E-state index contributed by atoms with van der Waals surface area (Å²) >= 11 is 0. The van der Waals surface area contributed by atoms with E-state index in [1.54, 1.807) is 24.3 Å². The Morgan fingerprint density at radius 2 is 1.71 bits per heavy atom. The monoisotopic (exact) mass is 467 g/mol. The van der Waals surface area contributed by atoms with Crippen LogP contribution < -0.4 is 14.8 Å². The van der Waals surface area contributed by atoms with Gasteiger partial charge in [0.2, 0.25) is 5.91 Å². The Morgan fingerprint density at radius 3 is 2.41 bits per heavy atom. The third-order valence-corrected chi connectivity index (χ3v) is 5.93. The van der Waals surface area contributed by atoms with Crippen LogP contribution in [0.25, 0.3) is 0 Å². The van der Waals surface area contributed by atoms with Crippen molar-refractivity contribution in [3.8, 4) is 11.5 Å². The Bertz CT molecular complexity index is 919. The molecule has 0 atom stereocenters. The summed E-state index contributed by atoms with van der Waals surface area (Å²) in [7, 11) is 0. The van der Waals surface area contributed by atoms with Gasteiger partial charge in [-0.3, -0.25) is 4.79 Å². The number of benzene rings is 2. The number of anilines is 1. The zero-order chi connectivity index (χ0) is 24.2. The second kappa shape index (κ2) is 13.6. The van der Waals surface area contributed by atoms with Gasteiger partial charge < -0.3 is 19.5 Å². The highest BCUT2D eigenvalue weighted by Crippen LogP contribution is 2.29.